The van der Waals surface area contributed by atoms with Crippen LogP contribution in [-0.4, -0.2) is 77.5 Å². The van der Waals surface area contributed by atoms with Gasteiger partial charge < -0.3 is 35.4 Å². The van der Waals surface area contributed by atoms with Gasteiger partial charge in [0.15, 0.2) is 0 Å². The highest BCUT2D eigenvalue weighted by molar-refractivity contribution is 5.90. The van der Waals surface area contributed by atoms with E-state index in [9.17, 15) is 24.3 Å². The van der Waals surface area contributed by atoms with Crippen molar-refractivity contribution in [3.8, 4) is 0 Å². The van der Waals surface area contributed by atoms with Crippen molar-refractivity contribution in [1.29, 1.82) is 0 Å². The van der Waals surface area contributed by atoms with Gasteiger partial charge in [0.1, 0.15) is 17.7 Å². The molecule has 0 saturated heterocycles. The number of ether oxygens (including phenoxy) is 2. The Morgan fingerprint density at radius 3 is 1.91 bits per heavy atom. The Hall–Kier alpha value is -4.12. The van der Waals surface area contributed by atoms with Crippen molar-refractivity contribution in [2.24, 2.45) is 11.8 Å². The molecule has 0 heterocycles. The van der Waals surface area contributed by atoms with Crippen LogP contribution in [-0.2, 0) is 32.0 Å². The Kier molecular flexibility index (Phi) is 15.0. The van der Waals surface area contributed by atoms with Gasteiger partial charge >= 0.3 is 18.1 Å². The zero-order valence-corrected chi connectivity index (χ0v) is 28.4. The van der Waals surface area contributed by atoms with E-state index in [4.69, 9.17) is 9.47 Å². The Morgan fingerprint density at radius 2 is 1.41 bits per heavy atom. The number of hydrogen-bond acceptors (Lipinski definition) is 7. The van der Waals surface area contributed by atoms with Crippen LogP contribution in [0.1, 0.15) is 66.0 Å². The van der Waals surface area contributed by atoms with E-state index < -0.39 is 53.8 Å². The molecule has 11 nitrogen and oxygen atoms in total. The van der Waals surface area contributed by atoms with Gasteiger partial charge in [-0.15, -0.1) is 0 Å². The van der Waals surface area contributed by atoms with Crippen LogP contribution in [0.5, 0.6) is 0 Å². The molecule has 254 valence electrons. The average Bonchev–Trinajstić information content (AvgIpc) is 2.98. The van der Waals surface area contributed by atoms with Crippen LogP contribution in [0.25, 0.3) is 0 Å². The number of methoxy groups -OCH3 is 1. The molecule has 2 aromatic rings. The Labute approximate surface area is 273 Å². The Bertz CT molecular complexity index is 1250. The zero-order valence-electron chi connectivity index (χ0n) is 28.4. The minimum Gasteiger partial charge on any atom is -0.467 e. The lowest BCUT2D eigenvalue weighted by molar-refractivity contribution is -0.146. The van der Waals surface area contributed by atoms with E-state index in [2.05, 4.69) is 16.0 Å². The second-order valence-electron chi connectivity index (χ2n) is 13.3. The average molecular weight is 641 g/mol. The van der Waals surface area contributed by atoms with Crippen LogP contribution in [0.2, 0.25) is 0 Å². The lowest BCUT2D eigenvalue weighted by Crippen LogP contribution is -2.57. The minimum absolute atomic E-state index is 0.0353. The summed E-state index contributed by atoms with van der Waals surface area (Å²) in [7, 11) is 1.26. The van der Waals surface area contributed by atoms with Crippen LogP contribution < -0.4 is 16.0 Å². The lowest BCUT2D eigenvalue weighted by atomic mass is 10.00. The fraction of sp³-hybridized carbons (Fsp3) is 0.543. The smallest absolute Gasteiger partial charge is 0.407 e. The lowest BCUT2D eigenvalue weighted by Gasteiger charge is -2.32. The van der Waals surface area contributed by atoms with Crippen molar-refractivity contribution in [2.45, 2.75) is 97.7 Å². The van der Waals surface area contributed by atoms with Gasteiger partial charge in [-0.2, -0.15) is 0 Å². The first kappa shape index (κ1) is 38.1. The summed E-state index contributed by atoms with van der Waals surface area (Å²) in [6.45, 7) is 12.6. The first-order valence-corrected chi connectivity index (χ1v) is 15.8. The monoisotopic (exact) mass is 640 g/mol. The Balaban J connectivity index is 2.36. The number of carbonyl (C=O) groups excluding carboxylic acids is 4. The second kappa shape index (κ2) is 18.1. The van der Waals surface area contributed by atoms with Crippen molar-refractivity contribution < 1.29 is 33.8 Å². The van der Waals surface area contributed by atoms with Gasteiger partial charge in [-0.25, -0.2) is 14.4 Å². The number of urea groups is 1. The van der Waals surface area contributed by atoms with Gasteiger partial charge in [0.05, 0.1) is 25.8 Å². The number of aliphatic hydroxyl groups is 1. The SMILES string of the molecule is COC(=O)[C@@H](NC(=O)[C@@H](CC(C)C)NC(=O)N(Cc1ccccc1)C[C@@H](O)[C@@H](Cc1ccccc1)NC(=O)OC(C)(C)C)C(C)C. The highest BCUT2D eigenvalue weighted by atomic mass is 16.6. The third-order valence-corrected chi connectivity index (χ3v) is 7.12. The van der Waals surface area contributed by atoms with E-state index in [1.165, 1.54) is 12.0 Å². The van der Waals surface area contributed by atoms with Crippen LogP contribution in [0.3, 0.4) is 0 Å². The molecule has 4 N–H and O–H groups in total. The molecule has 46 heavy (non-hydrogen) atoms. The molecule has 4 amide bonds. The van der Waals surface area contributed by atoms with Gasteiger partial charge in [0, 0.05) is 6.54 Å². The number of rotatable bonds is 15. The van der Waals surface area contributed by atoms with Crippen molar-refractivity contribution in [3.63, 3.8) is 0 Å². The summed E-state index contributed by atoms with van der Waals surface area (Å²) < 4.78 is 10.3. The van der Waals surface area contributed by atoms with Gasteiger partial charge in [-0.3, -0.25) is 4.79 Å². The zero-order chi connectivity index (χ0) is 34.4. The molecule has 11 heteroatoms. The molecule has 0 spiro atoms. The molecule has 0 aliphatic carbocycles. The predicted octanol–water partition coefficient (Wildman–Crippen LogP) is 4.42. The van der Waals surface area contributed by atoms with Gasteiger partial charge in [0.2, 0.25) is 5.91 Å². The first-order valence-electron chi connectivity index (χ1n) is 15.8. The topological polar surface area (TPSA) is 146 Å². The summed E-state index contributed by atoms with van der Waals surface area (Å²) in [4.78, 5) is 53.9. The molecular formula is C35H52N4O7. The largest absolute Gasteiger partial charge is 0.467 e. The molecule has 0 radical (unpaired) electrons. The normalized spacial score (nSPS) is 14.1. The van der Waals surface area contributed by atoms with Gasteiger partial charge in [-0.05, 0) is 56.6 Å². The number of carbonyl (C=O) groups is 4. The molecule has 4 atom stereocenters. The van der Waals surface area contributed by atoms with Gasteiger partial charge in [0.25, 0.3) is 0 Å². The van der Waals surface area contributed by atoms with E-state index in [-0.39, 0.29) is 31.3 Å². The summed E-state index contributed by atoms with van der Waals surface area (Å²) in [5, 5.41) is 19.9. The second-order valence-corrected chi connectivity index (χ2v) is 13.3. The highest BCUT2D eigenvalue weighted by Crippen LogP contribution is 2.15. The third-order valence-electron chi connectivity index (χ3n) is 7.12. The molecule has 0 unspecified atom stereocenters. The minimum atomic E-state index is -1.20. The number of nitrogens with zero attached hydrogens (tertiary/aromatic N) is 1. The maximum Gasteiger partial charge on any atom is 0.407 e. The van der Waals surface area contributed by atoms with Crippen molar-refractivity contribution in [3.05, 3.63) is 71.8 Å². The van der Waals surface area contributed by atoms with Crippen LogP contribution in [0.4, 0.5) is 9.59 Å². The third kappa shape index (κ3) is 13.5. The molecule has 0 bridgehead atoms. The van der Waals surface area contributed by atoms with Crippen LogP contribution in [0, 0.1) is 11.8 Å². The van der Waals surface area contributed by atoms with Crippen molar-refractivity contribution in [1.82, 2.24) is 20.9 Å². The molecule has 0 aliphatic rings. The van der Waals surface area contributed by atoms with E-state index in [1.54, 1.807) is 34.6 Å². The predicted molar refractivity (Wildman–Crippen MR) is 177 cm³/mol. The fourth-order valence-corrected chi connectivity index (χ4v) is 4.81. The van der Waals surface area contributed by atoms with E-state index in [0.29, 0.717) is 6.42 Å². The number of nitrogens with one attached hydrogen (secondary N) is 3. The summed E-state index contributed by atoms with van der Waals surface area (Å²) >= 11 is 0. The van der Waals surface area contributed by atoms with Crippen LogP contribution in [0.15, 0.2) is 60.7 Å². The van der Waals surface area contributed by atoms with Crippen LogP contribution >= 0.6 is 0 Å². The van der Waals surface area contributed by atoms with Crippen molar-refractivity contribution in [2.75, 3.05) is 13.7 Å². The summed E-state index contributed by atoms with van der Waals surface area (Å²) in [6, 6.07) is 15.4. The molecule has 2 aromatic carbocycles. The number of alkyl carbamates (subject to hydrolysis) is 1. The van der Waals surface area contributed by atoms with Gasteiger partial charge in [-0.1, -0.05) is 88.4 Å². The Morgan fingerprint density at radius 1 is 0.848 bits per heavy atom. The molecular weight excluding hydrogens is 588 g/mol. The fourth-order valence-electron chi connectivity index (χ4n) is 4.81. The van der Waals surface area contributed by atoms with E-state index >= 15 is 0 Å². The maximum absolute atomic E-state index is 13.9. The number of benzene rings is 2. The number of aliphatic hydroxyl groups excluding tert-OH is 1. The molecule has 0 fully saturated rings. The van der Waals surface area contributed by atoms with Crippen molar-refractivity contribution >= 4 is 24.0 Å². The number of amides is 4. The molecule has 2 rings (SSSR count). The molecule has 0 aliphatic heterocycles. The van der Waals surface area contributed by atoms with E-state index in [0.717, 1.165) is 11.1 Å². The summed E-state index contributed by atoms with van der Waals surface area (Å²) in [6.07, 6.45) is -1.30. The summed E-state index contributed by atoms with van der Waals surface area (Å²) in [5.41, 5.74) is 0.931. The quantitative estimate of drug-likeness (QED) is 0.211. The molecule has 0 aromatic heterocycles. The maximum atomic E-state index is 13.9. The number of hydrogen-bond donors (Lipinski definition) is 4. The standard InChI is InChI=1S/C35H52N4O7/c1-23(2)19-28(31(41)38-30(24(3)4)32(42)45-8)36-33(43)39(21-26-17-13-10-14-18-26)22-29(40)27(20-25-15-11-9-12-16-25)37-34(44)46-35(5,6)7/h9-18,23-24,27-30,40H,19-22H2,1-8H3,(H,36,43)(H,37,44)(H,38,41)/t27-,28-,29-,30+/m1/s1. The first-order chi connectivity index (χ1) is 21.6. The number of esters is 1. The van der Waals surface area contributed by atoms with E-state index in [1.807, 2.05) is 74.5 Å². The highest BCUT2D eigenvalue weighted by Gasteiger charge is 2.32. The summed E-state index contributed by atoms with van der Waals surface area (Å²) in [5.74, 6) is -1.29. The molecule has 0 saturated carbocycles.